The van der Waals surface area contributed by atoms with Gasteiger partial charge in [0.25, 0.3) is 0 Å². The Kier molecular flexibility index (Phi) is 6.06. The van der Waals surface area contributed by atoms with E-state index in [-0.39, 0.29) is 5.91 Å². The number of rotatable bonds is 5. The number of amides is 1. The van der Waals surface area contributed by atoms with Crippen molar-refractivity contribution in [1.29, 1.82) is 0 Å². The fraction of sp³-hybridized carbons (Fsp3) is 0.833. The fourth-order valence-corrected chi connectivity index (χ4v) is 0.943. The number of nitrogens with one attached hydrogen (secondary N) is 1. The maximum Gasteiger partial charge on any atom is 0.221 e. The van der Waals surface area contributed by atoms with Gasteiger partial charge in [-0.25, -0.2) is 0 Å². The van der Waals surface area contributed by atoms with Crippen molar-refractivity contribution in [2.24, 2.45) is 5.73 Å². The summed E-state index contributed by atoms with van der Waals surface area (Å²) < 4.78 is 10.5. The molecule has 0 radical (unpaired) electrons. The SMILES string of the molecule is CS(=O)CCNC(=O)CCN. The Labute approximate surface area is 69.0 Å². The van der Waals surface area contributed by atoms with E-state index in [1.54, 1.807) is 6.26 Å². The van der Waals surface area contributed by atoms with Crippen molar-refractivity contribution in [3.05, 3.63) is 0 Å². The van der Waals surface area contributed by atoms with Crippen molar-refractivity contribution in [2.75, 3.05) is 25.1 Å². The lowest BCUT2D eigenvalue weighted by atomic mass is 10.4. The molecule has 0 aliphatic carbocycles. The van der Waals surface area contributed by atoms with Crippen LogP contribution in [0.15, 0.2) is 0 Å². The lowest BCUT2D eigenvalue weighted by molar-refractivity contribution is -0.120. The number of carbonyl (C=O) groups is 1. The van der Waals surface area contributed by atoms with Gasteiger partial charge < -0.3 is 11.1 Å². The topological polar surface area (TPSA) is 72.2 Å². The van der Waals surface area contributed by atoms with E-state index in [9.17, 15) is 9.00 Å². The van der Waals surface area contributed by atoms with Gasteiger partial charge in [0.15, 0.2) is 0 Å². The molecule has 3 N–H and O–H groups in total. The van der Waals surface area contributed by atoms with Crippen LogP contribution in [0.5, 0.6) is 0 Å². The van der Waals surface area contributed by atoms with Crippen LogP contribution in [0.1, 0.15) is 6.42 Å². The van der Waals surface area contributed by atoms with Crippen LogP contribution in [0.4, 0.5) is 0 Å². The molecule has 11 heavy (non-hydrogen) atoms. The first-order valence-corrected chi connectivity index (χ1v) is 5.16. The maximum absolute atomic E-state index is 10.7. The van der Waals surface area contributed by atoms with Crippen molar-refractivity contribution in [2.45, 2.75) is 6.42 Å². The zero-order valence-electron chi connectivity index (χ0n) is 6.63. The minimum atomic E-state index is -0.832. The third-order valence-corrected chi connectivity index (χ3v) is 1.86. The molecule has 0 aromatic heterocycles. The molecule has 0 aromatic carbocycles. The third-order valence-electron chi connectivity index (χ3n) is 1.08. The van der Waals surface area contributed by atoms with Crippen LogP contribution in [-0.4, -0.2) is 35.2 Å². The molecule has 4 nitrogen and oxygen atoms in total. The molecule has 0 bridgehead atoms. The highest BCUT2D eigenvalue weighted by Gasteiger charge is 1.97. The average molecular weight is 178 g/mol. The lowest BCUT2D eigenvalue weighted by Gasteiger charge is -2.01. The molecule has 1 amide bonds. The van der Waals surface area contributed by atoms with Crippen molar-refractivity contribution >= 4 is 16.7 Å². The number of carbonyl (C=O) groups excluding carboxylic acids is 1. The van der Waals surface area contributed by atoms with Gasteiger partial charge in [0.1, 0.15) is 0 Å². The van der Waals surface area contributed by atoms with E-state index in [1.165, 1.54) is 0 Å². The summed E-state index contributed by atoms with van der Waals surface area (Å²) in [5.74, 6) is 0.439. The first-order valence-electron chi connectivity index (χ1n) is 3.43. The molecule has 1 atom stereocenters. The predicted octanol–water partition coefficient (Wildman–Crippen LogP) is -1.17. The molecule has 66 valence electrons. The molecule has 0 heterocycles. The van der Waals surface area contributed by atoms with E-state index in [4.69, 9.17) is 5.73 Å². The Balaban J connectivity index is 3.24. The molecule has 0 spiro atoms. The minimum absolute atomic E-state index is 0.0713. The maximum atomic E-state index is 10.7. The van der Waals surface area contributed by atoms with E-state index in [1.807, 2.05) is 0 Å². The van der Waals surface area contributed by atoms with Crippen LogP contribution < -0.4 is 11.1 Å². The van der Waals surface area contributed by atoms with Gasteiger partial charge >= 0.3 is 0 Å². The van der Waals surface area contributed by atoms with Crippen molar-refractivity contribution in [3.63, 3.8) is 0 Å². The van der Waals surface area contributed by atoms with E-state index < -0.39 is 10.8 Å². The Bertz CT molecular complexity index is 150. The quantitative estimate of drug-likeness (QED) is 0.557. The molecule has 1 unspecified atom stereocenters. The summed E-state index contributed by atoms with van der Waals surface area (Å²) in [6, 6.07) is 0. The van der Waals surface area contributed by atoms with Crippen LogP contribution in [0, 0.1) is 0 Å². The van der Waals surface area contributed by atoms with Crippen LogP contribution in [0.25, 0.3) is 0 Å². The van der Waals surface area contributed by atoms with Gasteiger partial charge in [0.2, 0.25) is 5.91 Å². The predicted molar refractivity (Wildman–Crippen MR) is 45.6 cm³/mol. The van der Waals surface area contributed by atoms with E-state index in [0.29, 0.717) is 25.3 Å². The van der Waals surface area contributed by atoms with Gasteiger partial charge in [-0.05, 0) is 0 Å². The highest BCUT2D eigenvalue weighted by molar-refractivity contribution is 7.84. The molecule has 0 rings (SSSR count). The smallest absolute Gasteiger partial charge is 0.221 e. The Morgan fingerprint density at radius 2 is 2.27 bits per heavy atom. The van der Waals surface area contributed by atoms with Gasteiger partial charge in [-0.3, -0.25) is 9.00 Å². The van der Waals surface area contributed by atoms with Crippen LogP contribution in [0.3, 0.4) is 0 Å². The number of hydrogen-bond donors (Lipinski definition) is 2. The second-order valence-corrected chi connectivity index (χ2v) is 3.72. The minimum Gasteiger partial charge on any atom is -0.355 e. The zero-order valence-corrected chi connectivity index (χ0v) is 7.45. The van der Waals surface area contributed by atoms with Crippen LogP contribution >= 0.6 is 0 Å². The van der Waals surface area contributed by atoms with Crippen molar-refractivity contribution in [3.8, 4) is 0 Å². The number of nitrogens with two attached hydrogens (primary N) is 1. The summed E-state index contributed by atoms with van der Waals surface area (Å²) in [6.45, 7) is 0.836. The monoisotopic (exact) mass is 178 g/mol. The summed E-state index contributed by atoms with van der Waals surface area (Å²) >= 11 is 0. The molecular formula is C6H14N2O2S. The molecule has 5 heteroatoms. The molecule has 0 saturated heterocycles. The van der Waals surface area contributed by atoms with Gasteiger partial charge in [-0.1, -0.05) is 0 Å². The first kappa shape index (κ1) is 10.6. The first-order chi connectivity index (χ1) is 5.16. The Hall–Kier alpha value is -0.420. The molecule has 0 aromatic rings. The van der Waals surface area contributed by atoms with E-state index in [2.05, 4.69) is 5.32 Å². The largest absolute Gasteiger partial charge is 0.355 e. The van der Waals surface area contributed by atoms with Gasteiger partial charge in [0, 0.05) is 42.3 Å². The third kappa shape index (κ3) is 7.48. The molecule has 0 aliphatic heterocycles. The van der Waals surface area contributed by atoms with Gasteiger partial charge in [0.05, 0.1) is 0 Å². The van der Waals surface area contributed by atoms with E-state index >= 15 is 0 Å². The zero-order chi connectivity index (χ0) is 8.69. The standard InChI is InChI=1S/C6H14N2O2S/c1-11(10)5-4-8-6(9)2-3-7/h2-5,7H2,1H3,(H,8,9). The molecule has 0 aliphatic rings. The van der Waals surface area contributed by atoms with Gasteiger partial charge in [-0.2, -0.15) is 0 Å². The summed E-state index contributed by atoms with van der Waals surface area (Å²) in [5.41, 5.74) is 5.14. The Morgan fingerprint density at radius 3 is 2.73 bits per heavy atom. The molecular weight excluding hydrogens is 164 g/mol. The summed E-state index contributed by atoms with van der Waals surface area (Å²) in [4.78, 5) is 10.7. The molecule has 0 fully saturated rings. The average Bonchev–Trinajstić information content (AvgIpc) is 1.87. The lowest BCUT2D eigenvalue weighted by Crippen LogP contribution is -2.28. The molecule has 0 saturated carbocycles. The second kappa shape index (κ2) is 6.30. The second-order valence-electron chi connectivity index (χ2n) is 2.17. The van der Waals surface area contributed by atoms with Gasteiger partial charge in [-0.15, -0.1) is 0 Å². The summed E-state index contributed by atoms with van der Waals surface area (Å²) in [7, 11) is -0.832. The van der Waals surface area contributed by atoms with Crippen molar-refractivity contribution in [1.82, 2.24) is 5.32 Å². The van der Waals surface area contributed by atoms with Crippen LogP contribution in [0.2, 0.25) is 0 Å². The fourth-order valence-electron chi connectivity index (χ4n) is 0.554. The summed E-state index contributed by atoms with van der Waals surface area (Å²) in [6.07, 6.45) is 1.95. The van der Waals surface area contributed by atoms with Crippen LogP contribution in [-0.2, 0) is 15.6 Å². The number of hydrogen-bond acceptors (Lipinski definition) is 3. The summed E-state index contributed by atoms with van der Waals surface area (Å²) in [5, 5.41) is 2.60. The highest BCUT2D eigenvalue weighted by atomic mass is 32.2. The highest BCUT2D eigenvalue weighted by Crippen LogP contribution is 1.76. The Morgan fingerprint density at radius 1 is 1.64 bits per heavy atom. The van der Waals surface area contributed by atoms with E-state index in [0.717, 1.165) is 0 Å². The van der Waals surface area contributed by atoms with Crippen molar-refractivity contribution < 1.29 is 9.00 Å². The normalized spacial score (nSPS) is 12.5.